The summed E-state index contributed by atoms with van der Waals surface area (Å²) in [5.74, 6) is 0.386. The summed E-state index contributed by atoms with van der Waals surface area (Å²) in [6.45, 7) is 8.42. The minimum Gasteiger partial charge on any atom is -0.454 e. The molecule has 0 radical (unpaired) electrons. The molecule has 0 heterocycles. The summed E-state index contributed by atoms with van der Waals surface area (Å²) in [7, 11) is 0. The van der Waals surface area contributed by atoms with E-state index in [4.69, 9.17) is 10.5 Å². The molecule has 2 aromatic carbocycles. The summed E-state index contributed by atoms with van der Waals surface area (Å²) >= 11 is 0. The van der Waals surface area contributed by atoms with Gasteiger partial charge in [-0.05, 0) is 41.7 Å². The minimum atomic E-state index is -0.454. The van der Waals surface area contributed by atoms with E-state index in [2.05, 4.69) is 26.8 Å². The van der Waals surface area contributed by atoms with Crippen LogP contribution in [0.25, 0.3) is 0 Å². The summed E-state index contributed by atoms with van der Waals surface area (Å²) in [5.41, 5.74) is 8.19. The van der Waals surface area contributed by atoms with Gasteiger partial charge in [0.15, 0.2) is 11.6 Å². The number of nitrogens with two attached hydrogens (primary N) is 1. The van der Waals surface area contributed by atoms with Crippen LogP contribution in [-0.4, -0.2) is 0 Å². The standard InChI is InChI=1S/C17H20FNO/c1-11-9-12(17(2,3)4)5-7-15(11)20-16-8-6-13(19)10-14(16)18/h5-10H,19H2,1-4H3. The number of rotatable bonds is 2. The van der Waals surface area contributed by atoms with Crippen LogP contribution in [0.1, 0.15) is 31.9 Å². The summed E-state index contributed by atoms with van der Waals surface area (Å²) in [5, 5.41) is 0. The molecule has 2 N–H and O–H groups in total. The Balaban J connectivity index is 2.30. The van der Waals surface area contributed by atoms with Crippen LogP contribution in [0.2, 0.25) is 0 Å². The Bertz CT molecular complexity index is 629. The first kappa shape index (κ1) is 14.4. The highest BCUT2D eigenvalue weighted by Gasteiger charge is 2.15. The summed E-state index contributed by atoms with van der Waals surface area (Å²) < 4.78 is 19.4. The average Bonchev–Trinajstić information content (AvgIpc) is 2.33. The molecular weight excluding hydrogens is 253 g/mol. The maximum Gasteiger partial charge on any atom is 0.167 e. The van der Waals surface area contributed by atoms with E-state index in [-0.39, 0.29) is 11.2 Å². The lowest BCUT2D eigenvalue weighted by Gasteiger charge is -2.20. The molecule has 0 saturated heterocycles. The average molecular weight is 273 g/mol. The van der Waals surface area contributed by atoms with Gasteiger partial charge in [-0.15, -0.1) is 0 Å². The van der Waals surface area contributed by atoms with Crippen molar-refractivity contribution in [2.75, 3.05) is 5.73 Å². The minimum absolute atomic E-state index is 0.0791. The highest BCUT2D eigenvalue weighted by molar-refractivity contribution is 5.46. The molecule has 3 heteroatoms. The van der Waals surface area contributed by atoms with Crippen molar-refractivity contribution in [1.29, 1.82) is 0 Å². The predicted molar refractivity (Wildman–Crippen MR) is 80.8 cm³/mol. The lowest BCUT2D eigenvalue weighted by molar-refractivity contribution is 0.439. The van der Waals surface area contributed by atoms with E-state index in [1.165, 1.54) is 11.6 Å². The molecule has 0 atom stereocenters. The van der Waals surface area contributed by atoms with Gasteiger partial charge in [0.25, 0.3) is 0 Å². The molecule has 2 rings (SSSR count). The van der Waals surface area contributed by atoms with E-state index in [1.807, 2.05) is 19.1 Å². The molecule has 0 bridgehead atoms. The lowest BCUT2D eigenvalue weighted by atomic mass is 9.86. The normalized spacial score (nSPS) is 11.4. The Morgan fingerprint density at radius 1 is 1.00 bits per heavy atom. The van der Waals surface area contributed by atoms with Gasteiger partial charge in [-0.2, -0.15) is 0 Å². The van der Waals surface area contributed by atoms with E-state index < -0.39 is 5.82 Å². The fourth-order valence-electron chi connectivity index (χ4n) is 1.95. The van der Waals surface area contributed by atoms with Gasteiger partial charge in [-0.3, -0.25) is 0 Å². The van der Waals surface area contributed by atoms with Gasteiger partial charge in [0.05, 0.1) is 0 Å². The Morgan fingerprint density at radius 3 is 2.20 bits per heavy atom. The number of aryl methyl sites for hydroxylation is 1. The topological polar surface area (TPSA) is 35.2 Å². The first-order valence-electron chi connectivity index (χ1n) is 6.61. The number of hydrogen-bond donors (Lipinski definition) is 1. The first-order valence-corrected chi connectivity index (χ1v) is 6.61. The van der Waals surface area contributed by atoms with Crippen molar-refractivity contribution < 1.29 is 9.13 Å². The molecule has 0 amide bonds. The van der Waals surface area contributed by atoms with E-state index in [9.17, 15) is 4.39 Å². The van der Waals surface area contributed by atoms with Gasteiger partial charge in [-0.1, -0.05) is 32.9 Å². The number of ether oxygens (including phenoxy) is 1. The number of nitrogen functional groups attached to an aromatic ring is 1. The van der Waals surface area contributed by atoms with Gasteiger partial charge >= 0.3 is 0 Å². The zero-order chi connectivity index (χ0) is 14.9. The van der Waals surface area contributed by atoms with Crippen LogP contribution in [0, 0.1) is 12.7 Å². The monoisotopic (exact) mass is 273 g/mol. The van der Waals surface area contributed by atoms with Crippen LogP contribution in [0.4, 0.5) is 10.1 Å². The molecule has 0 saturated carbocycles. The highest BCUT2D eigenvalue weighted by atomic mass is 19.1. The van der Waals surface area contributed by atoms with Crippen molar-refractivity contribution in [3.8, 4) is 11.5 Å². The Labute approximate surface area is 119 Å². The molecule has 0 aromatic heterocycles. The number of benzene rings is 2. The molecular formula is C17H20FNO. The Morgan fingerprint density at radius 2 is 1.65 bits per heavy atom. The zero-order valence-corrected chi connectivity index (χ0v) is 12.3. The number of halogens is 1. The third-order valence-electron chi connectivity index (χ3n) is 3.22. The molecule has 2 nitrogen and oxygen atoms in total. The second-order valence-corrected chi connectivity index (χ2v) is 6.02. The fraction of sp³-hybridized carbons (Fsp3) is 0.294. The Kier molecular flexibility index (Phi) is 3.71. The Hall–Kier alpha value is -2.03. The van der Waals surface area contributed by atoms with Gasteiger partial charge in [-0.25, -0.2) is 4.39 Å². The molecule has 2 aromatic rings. The van der Waals surface area contributed by atoms with Crippen LogP contribution in [0.15, 0.2) is 36.4 Å². The van der Waals surface area contributed by atoms with Gasteiger partial charge in [0.1, 0.15) is 5.75 Å². The quantitative estimate of drug-likeness (QED) is 0.797. The fourth-order valence-corrected chi connectivity index (χ4v) is 1.95. The molecule has 0 unspecified atom stereocenters. The summed E-state index contributed by atoms with van der Waals surface area (Å²) in [6.07, 6.45) is 0. The molecule has 0 aliphatic rings. The van der Waals surface area contributed by atoms with Crippen LogP contribution >= 0.6 is 0 Å². The van der Waals surface area contributed by atoms with E-state index in [1.54, 1.807) is 12.1 Å². The molecule has 0 spiro atoms. The smallest absolute Gasteiger partial charge is 0.167 e. The molecule has 0 fully saturated rings. The lowest BCUT2D eigenvalue weighted by Crippen LogP contribution is -2.11. The molecule has 0 aliphatic carbocycles. The van der Waals surface area contributed by atoms with Crippen molar-refractivity contribution in [3.63, 3.8) is 0 Å². The molecule has 0 aliphatic heterocycles. The molecule has 106 valence electrons. The van der Waals surface area contributed by atoms with Crippen molar-refractivity contribution in [3.05, 3.63) is 53.3 Å². The predicted octanol–water partition coefficient (Wildman–Crippen LogP) is 4.81. The van der Waals surface area contributed by atoms with Gasteiger partial charge in [0, 0.05) is 11.8 Å². The van der Waals surface area contributed by atoms with Crippen LogP contribution < -0.4 is 10.5 Å². The zero-order valence-electron chi connectivity index (χ0n) is 12.3. The second-order valence-electron chi connectivity index (χ2n) is 6.02. The third kappa shape index (κ3) is 3.10. The second kappa shape index (κ2) is 5.16. The van der Waals surface area contributed by atoms with Crippen LogP contribution in [-0.2, 0) is 5.41 Å². The maximum absolute atomic E-state index is 13.7. The summed E-state index contributed by atoms with van der Waals surface area (Å²) in [6, 6.07) is 10.4. The number of hydrogen-bond acceptors (Lipinski definition) is 2. The maximum atomic E-state index is 13.7. The van der Waals surface area contributed by atoms with E-state index >= 15 is 0 Å². The first-order chi connectivity index (χ1) is 9.27. The van der Waals surface area contributed by atoms with Crippen molar-refractivity contribution in [2.24, 2.45) is 0 Å². The van der Waals surface area contributed by atoms with Gasteiger partial charge in [0.2, 0.25) is 0 Å². The largest absolute Gasteiger partial charge is 0.454 e. The highest BCUT2D eigenvalue weighted by Crippen LogP contribution is 2.31. The van der Waals surface area contributed by atoms with Crippen molar-refractivity contribution >= 4 is 5.69 Å². The third-order valence-corrected chi connectivity index (χ3v) is 3.22. The van der Waals surface area contributed by atoms with E-state index in [0.717, 1.165) is 5.56 Å². The van der Waals surface area contributed by atoms with Crippen LogP contribution in [0.3, 0.4) is 0 Å². The SMILES string of the molecule is Cc1cc(C(C)(C)C)ccc1Oc1ccc(N)cc1F. The van der Waals surface area contributed by atoms with Crippen molar-refractivity contribution in [2.45, 2.75) is 33.1 Å². The van der Waals surface area contributed by atoms with E-state index in [0.29, 0.717) is 11.4 Å². The van der Waals surface area contributed by atoms with Crippen LogP contribution in [0.5, 0.6) is 11.5 Å². The van der Waals surface area contributed by atoms with Gasteiger partial charge < -0.3 is 10.5 Å². The molecule has 20 heavy (non-hydrogen) atoms. The number of anilines is 1. The van der Waals surface area contributed by atoms with Crippen molar-refractivity contribution in [1.82, 2.24) is 0 Å². The summed E-state index contributed by atoms with van der Waals surface area (Å²) in [4.78, 5) is 0.